The van der Waals surface area contributed by atoms with Crippen molar-refractivity contribution in [1.82, 2.24) is 5.32 Å². The van der Waals surface area contributed by atoms with Crippen LogP contribution in [0.15, 0.2) is 0 Å². The van der Waals surface area contributed by atoms with Gasteiger partial charge in [-0.1, -0.05) is 13.8 Å². The van der Waals surface area contributed by atoms with E-state index in [1.165, 1.54) is 32.1 Å². The van der Waals surface area contributed by atoms with Gasteiger partial charge in [-0.3, -0.25) is 0 Å². The molecule has 0 amide bonds. The maximum absolute atomic E-state index is 5.12. The zero-order valence-corrected chi connectivity index (χ0v) is 9.88. The first-order chi connectivity index (χ1) is 6.72. The highest BCUT2D eigenvalue weighted by Crippen LogP contribution is 2.26. The average Bonchev–Trinajstić information content (AvgIpc) is 2.16. The van der Waals surface area contributed by atoms with Crippen LogP contribution in [0.2, 0.25) is 0 Å². The first-order valence-electron chi connectivity index (χ1n) is 5.97. The van der Waals surface area contributed by atoms with Gasteiger partial charge in [0.1, 0.15) is 0 Å². The van der Waals surface area contributed by atoms with E-state index in [0.717, 1.165) is 18.6 Å². The van der Waals surface area contributed by atoms with Crippen LogP contribution in [0.4, 0.5) is 0 Å². The molecule has 1 saturated carbocycles. The molecule has 0 atom stereocenters. The van der Waals surface area contributed by atoms with Crippen molar-refractivity contribution in [2.45, 2.75) is 58.0 Å². The Kier molecular flexibility index (Phi) is 5.49. The summed E-state index contributed by atoms with van der Waals surface area (Å²) in [6.45, 7) is 5.40. The molecule has 0 saturated heterocycles. The second-order valence-corrected chi connectivity index (χ2v) is 4.82. The topological polar surface area (TPSA) is 21.3 Å². The summed E-state index contributed by atoms with van der Waals surface area (Å²) in [4.78, 5) is 0. The Morgan fingerprint density at radius 3 is 2.36 bits per heavy atom. The zero-order valence-electron chi connectivity index (χ0n) is 9.88. The van der Waals surface area contributed by atoms with Crippen LogP contribution < -0.4 is 5.32 Å². The van der Waals surface area contributed by atoms with Crippen LogP contribution in [0, 0.1) is 5.92 Å². The van der Waals surface area contributed by atoms with E-state index in [2.05, 4.69) is 19.2 Å². The molecule has 0 aromatic rings. The molecule has 0 bridgehead atoms. The highest BCUT2D eigenvalue weighted by atomic mass is 16.5. The van der Waals surface area contributed by atoms with Gasteiger partial charge in [0, 0.05) is 25.8 Å². The van der Waals surface area contributed by atoms with E-state index in [-0.39, 0.29) is 0 Å². The van der Waals surface area contributed by atoms with Gasteiger partial charge in [0.2, 0.25) is 0 Å². The molecule has 1 fully saturated rings. The van der Waals surface area contributed by atoms with Crippen molar-refractivity contribution in [3.8, 4) is 0 Å². The van der Waals surface area contributed by atoms with E-state index in [1.807, 2.05) is 0 Å². The van der Waals surface area contributed by atoms with Crippen molar-refractivity contribution in [2.75, 3.05) is 13.7 Å². The van der Waals surface area contributed by atoms with Gasteiger partial charge in [-0.15, -0.1) is 0 Å². The van der Waals surface area contributed by atoms with Gasteiger partial charge < -0.3 is 10.1 Å². The first kappa shape index (κ1) is 12.0. The third-order valence-corrected chi connectivity index (χ3v) is 3.15. The maximum Gasteiger partial charge on any atom is 0.0464 e. The summed E-state index contributed by atoms with van der Waals surface area (Å²) in [5.41, 5.74) is 0. The molecule has 14 heavy (non-hydrogen) atoms. The Morgan fingerprint density at radius 2 is 1.86 bits per heavy atom. The zero-order chi connectivity index (χ0) is 10.4. The van der Waals surface area contributed by atoms with Crippen LogP contribution in [-0.2, 0) is 4.74 Å². The van der Waals surface area contributed by atoms with E-state index in [0.29, 0.717) is 6.04 Å². The molecule has 0 aliphatic heterocycles. The summed E-state index contributed by atoms with van der Waals surface area (Å²) < 4.78 is 5.12. The molecule has 0 aromatic carbocycles. The molecular weight excluding hydrogens is 174 g/mol. The lowest BCUT2D eigenvalue weighted by Gasteiger charge is -2.30. The number of ether oxygens (including phenoxy) is 1. The lowest BCUT2D eigenvalue weighted by atomic mass is 9.84. The second-order valence-electron chi connectivity index (χ2n) is 4.82. The third kappa shape index (κ3) is 4.43. The van der Waals surface area contributed by atoms with Crippen molar-refractivity contribution < 1.29 is 4.74 Å². The molecule has 2 nitrogen and oxygen atoms in total. The van der Waals surface area contributed by atoms with Crippen molar-refractivity contribution in [1.29, 1.82) is 0 Å². The lowest BCUT2D eigenvalue weighted by Crippen LogP contribution is -2.37. The van der Waals surface area contributed by atoms with Crippen LogP contribution in [0.5, 0.6) is 0 Å². The summed E-state index contributed by atoms with van der Waals surface area (Å²) >= 11 is 0. The van der Waals surface area contributed by atoms with Crippen molar-refractivity contribution in [3.63, 3.8) is 0 Å². The van der Waals surface area contributed by atoms with Gasteiger partial charge in [0.25, 0.3) is 0 Å². The highest BCUT2D eigenvalue weighted by molar-refractivity contribution is 4.78. The summed E-state index contributed by atoms with van der Waals surface area (Å²) in [6, 6.07) is 1.41. The Balaban J connectivity index is 2.11. The first-order valence-corrected chi connectivity index (χ1v) is 5.97. The summed E-state index contributed by atoms with van der Waals surface area (Å²) in [5, 5.41) is 3.63. The third-order valence-electron chi connectivity index (χ3n) is 3.15. The van der Waals surface area contributed by atoms with Crippen molar-refractivity contribution >= 4 is 0 Å². The predicted molar refractivity (Wildman–Crippen MR) is 60.5 cm³/mol. The van der Waals surface area contributed by atoms with Gasteiger partial charge in [0.15, 0.2) is 0 Å². The van der Waals surface area contributed by atoms with Crippen molar-refractivity contribution in [2.24, 2.45) is 5.92 Å². The number of methoxy groups -OCH3 is 1. The lowest BCUT2D eigenvalue weighted by molar-refractivity contribution is 0.159. The summed E-state index contributed by atoms with van der Waals surface area (Å²) in [7, 11) is 1.80. The second kappa shape index (κ2) is 6.41. The Labute approximate surface area is 88.4 Å². The minimum absolute atomic E-state index is 0.635. The SMILES string of the molecule is COCC[C@H]1CC[C@H](NC(C)C)CC1. The fraction of sp³-hybridized carbons (Fsp3) is 1.00. The smallest absolute Gasteiger partial charge is 0.0464 e. The van der Waals surface area contributed by atoms with Crippen LogP contribution in [0.25, 0.3) is 0 Å². The van der Waals surface area contributed by atoms with Gasteiger partial charge in [0.05, 0.1) is 0 Å². The van der Waals surface area contributed by atoms with Crippen LogP contribution in [0.1, 0.15) is 46.0 Å². The van der Waals surface area contributed by atoms with Crippen molar-refractivity contribution in [3.05, 3.63) is 0 Å². The number of rotatable bonds is 5. The molecule has 84 valence electrons. The van der Waals surface area contributed by atoms with Gasteiger partial charge in [-0.25, -0.2) is 0 Å². The number of hydrogen-bond donors (Lipinski definition) is 1. The molecule has 1 N–H and O–H groups in total. The minimum Gasteiger partial charge on any atom is -0.385 e. The molecule has 1 aliphatic rings. The van der Waals surface area contributed by atoms with Gasteiger partial charge in [-0.2, -0.15) is 0 Å². The number of nitrogens with one attached hydrogen (secondary N) is 1. The monoisotopic (exact) mass is 199 g/mol. The van der Waals surface area contributed by atoms with E-state index < -0.39 is 0 Å². The molecule has 0 heterocycles. The molecule has 1 aliphatic carbocycles. The normalized spacial score (nSPS) is 28.3. The molecule has 0 spiro atoms. The standard InChI is InChI=1S/C12H25NO/c1-10(2)13-12-6-4-11(5-7-12)8-9-14-3/h10-13H,4-9H2,1-3H3/t11-,12-. The van der Waals surface area contributed by atoms with E-state index in [1.54, 1.807) is 7.11 Å². The number of hydrogen-bond acceptors (Lipinski definition) is 2. The molecule has 0 unspecified atom stereocenters. The van der Waals surface area contributed by atoms with E-state index in [4.69, 9.17) is 4.74 Å². The molecule has 2 heteroatoms. The average molecular weight is 199 g/mol. The van der Waals surface area contributed by atoms with Crippen LogP contribution in [-0.4, -0.2) is 25.8 Å². The Hall–Kier alpha value is -0.0800. The largest absolute Gasteiger partial charge is 0.385 e. The van der Waals surface area contributed by atoms with E-state index >= 15 is 0 Å². The maximum atomic E-state index is 5.12. The summed E-state index contributed by atoms with van der Waals surface area (Å²) in [5.74, 6) is 0.917. The van der Waals surface area contributed by atoms with E-state index in [9.17, 15) is 0 Å². The predicted octanol–water partition coefficient (Wildman–Crippen LogP) is 2.58. The van der Waals surface area contributed by atoms with Gasteiger partial charge in [-0.05, 0) is 38.0 Å². The van der Waals surface area contributed by atoms with Crippen LogP contribution in [0.3, 0.4) is 0 Å². The highest BCUT2D eigenvalue weighted by Gasteiger charge is 2.20. The minimum atomic E-state index is 0.635. The molecule has 1 rings (SSSR count). The Bertz CT molecular complexity index is 139. The molecular formula is C12H25NO. The molecule has 0 radical (unpaired) electrons. The molecule has 0 aromatic heterocycles. The summed E-state index contributed by atoms with van der Waals surface area (Å²) in [6.07, 6.45) is 6.73. The quantitative estimate of drug-likeness (QED) is 0.735. The fourth-order valence-corrected chi connectivity index (χ4v) is 2.37. The van der Waals surface area contributed by atoms with Crippen LogP contribution >= 0.6 is 0 Å². The Morgan fingerprint density at radius 1 is 1.21 bits per heavy atom. The van der Waals surface area contributed by atoms with Gasteiger partial charge >= 0.3 is 0 Å². The fourth-order valence-electron chi connectivity index (χ4n) is 2.37.